The number of benzene rings is 2. The van der Waals surface area contributed by atoms with Gasteiger partial charge in [0.2, 0.25) is 0 Å². The SMILES string of the molecule is Nc1ncc(Br)c(C(c2ccccc2)c2ccccc2)c1N. The van der Waals surface area contributed by atoms with E-state index in [0.29, 0.717) is 11.5 Å². The van der Waals surface area contributed by atoms with Crippen LogP contribution >= 0.6 is 15.9 Å². The Morgan fingerprint density at radius 1 is 0.818 bits per heavy atom. The maximum Gasteiger partial charge on any atom is 0.146 e. The molecule has 4 N–H and O–H groups in total. The highest BCUT2D eigenvalue weighted by atomic mass is 79.9. The Morgan fingerprint density at radius 3 is 1.82 bits per heavy atom. The Morgan fingerprint density at radius 2 is 1.32 bits per heavy atom. The van der Waals surface area contributed by atoms with Crippen molar-refractivity contribution in [2.75, 3.05) is 11.5 Å². The summed E-state index contributed by atoms with van der Waals surface area (Å²) in [6.07, 6.45) is 1.71. The van der Waals surface area contributed by atoms with E-state index in [1.165, 1.54) is 0 Å². The number of rotatable bonds is 3. The number of nitrogens with two attached hydrogens (primary N) is 2. The molecule has 3 aromatic rings. The second-order valence-electron chi connectivity index (χ2n) is 5.07. The van der Waals surface area contributed by atoms with Gasteiger partial charge in [0.25, 0.3) is 0 Å². The minimum absolute atomic E-state index is 0.00192. The van der Waals surface area contributed by atoms with Gasteiger partial charge in [-0.3, -0.25) is 0 Å². The largest absolute Gasteiger partial charge is 0.395 e. The molecule has 3 nitrogen and oxygen atoms in total. The summed E-state index contributed by atoms with van der Waals surface area (Å²) in [4.78, 5) is 4.11. The van der Waals surface area contributed by atoms with Crippen molar-refractivity contribution in [3.63, 3.8) is 0 Å². The van der Waals surface area contributed by atoms with E-state index in [-0.39, 0.29) is 5.92 Å². The molecule has 110 valence electrons. The third-order valence-electron chi connectivity index (χ3n) is 3.69. The molecule has 0 bridgehead atoms. The van der Waals surface area contributed by atoms with Gasteiger partial charge in [-0.2, -0.15) is 0 Å². The highest BCUT2D eigenvalue weighted by molar-refractivity contribution is 9.10. The quantitative estimate of drug-likeness (QED) is 0.741. The van der Waals surface area contributed by atoms with Crippen LogP contribution in [0.15, 0.2) is 71.3 Å². The first kappa shape index (κ1) is 14.6. The Bertz CT molecular complexity index is 734. The Kier molecular flexibility index (Phi) is 4.11. The van der Waals surface area contributed by atoms with Crippen molar-refractivity contribution in [1.82, 2.24) is 4.98 Å². The summed E-state index contributed by atoms with van der Waals surface area (Å²) in [5.74, 6) is 0.358. The summed E-state index contributed by atoms with van der Waals surface area (Å²) in [5.41, 5.74) is 16.0. The van der Waals surface area contributed by atoms with Crippen LogP contribution < -0.4 is 11.5 Å². The zero-order valence-corrected chi connectivity index (χ0v) is 13.5. The number of anilines is 2. The van der Waals surface area contributed by atoms with Crippen LogP contribution in [0.3, 0.4) is 0 Å². The lowest BCUT2D eigenvalue weighted by Gasteiger charge is -2.22. The molecule has 1 heterocycles. The van der Waals surface area contributed by atoms with Crippen molar-refractivity contribution in [1.29, 1.82) is 0 Å². The number of halogens is 1. The highest BCUT2D eigenvalue weighted by Crippen LogP contribution is 2.40. The molecular weight excluding hydrogens is 338 g/mol. The van der Waals surface area contributed by atoms with Crippen LogP contribution in [0, 0.1) is 0 Å². The molecule has 0 aliphatic carbocycles. The monoisotopic (exact) mass is 353 g/mol. The van der Waals surface area contributed by atoms with Crippen LogP contribution in [0.5, 0.6) is 0 Å². The molecule has 0 radical (unpaired) electrons. The summed E-state index contributed by atoms with van der Waals surface area (Å²) < 4.78 is 0.858. The molecule has 0 spiro atoms. The molecule has 22 heavy (non-hydrogen) atoms. The van der Waals surface area contributed by atoms with Gasteiger partial charge in [0.15, 0.2) is 0 Å². The minimum atomic E-state index is 0.00192. The van der Waals surface area contributed by atoms with E-state index in [9.17, 15) is 0 Å². The van der Waals surface area contributed by atoms with Crippen LogP contribution in [-0.4, -0.2) is 4.98 Å². The minimum Gasteiger partial charge on any atom is -0.395 e. The second-order valence-corrected chi connectivity index (χ2v) is 5.93. The normalized spacial score (nSPS) is 10.8. The van der Waals surface area contributed by atoms with Crippen molar-refractivity contribution in [3.05, 3.63) is 88.0 Å². The topological polar surface area (TPSA) is 64.9 Å². The summed E-state index contributed by atoms with van der Waals surface area (Å²) in [7, 11) is 0. The first-order valence-corrected chi connectivity index (χ1v) is 7.77. The van der Waals surface area contributed by atoms with Gasteiger partial charge in [-0.05, 0) is 27.1 Å². The van der Waals surface area contributed by atoms with E-state index >= 15 is 0 Å². The van der Waals surface area contributed by atoms with Crippen LogP contribution in [0.2, 0.25) is 0 Å². The number of aromatic nitrogens is 1. The molecule has 0 atom stereocenters. The lowest BCUT2D eigenvalue weighted by Crippen LogP contribution is -2.10. The molecule has 3 rings (SSSR count). The zero-order valence-electron chi connectivity index (χ0n) is 11.9. The second kappa shape index (κ2) is 6.20. The van der Waals surface area contributed by atoms with Gasteiger partial charge in [0.1, 0.15) is 5.82 Å². The number of nitrogens with zero attached hydrogens (tertiary/aromatic N) is 1. The zero-order chi connectivity index (χ0) is 15.5. The average Bonchev–Trinajstić information content (AvgIpc) is 2.57. The van der Waals surface area contributed by atoms with Gasteiger partial charge in [0, 0.05) is 22.2 Å². The van der Waals surface area contributed by atoms with E-state index in [2.05, 4.69) is 45.2 Å². The third kappa shape index (κ3) is 2.70. The standard InChI is InChI=1S/C18H16BrN3/c19-14-11-22-18(21)17(20)16(14)15(12-7-3-1-4-8-12)13-9-5-2-6-10-13/h1-11,15H,20H2,(H2,21,22). The van der Waals surface area contributed by atoms with Crippen molar-refractivity contribution in [2.45, 2.75) is 5.92 Å². The molecule has 4 heteroatoms. The maximum absolute atomic E-state index is 6.24. The van der Waals surface area contributed by atoms with Gasteiger partial charge in [0.05, 0.1) is 5.69 Å². The number of hydrogen-bond donors (Lipinski definition) is 2. The fraction of sp³-hybridized carbons (Fsp3) is 0.0556. The summed E-state index contributed by atoms with van der Waals surface area (Å²) in [6, 6.07) is 20.5. The number of pyridine rings is 1. The third-order valence-corrected chi connectivity index (χ3v) is 4.33. The summed E-state index contributed by atoms with van der Waals surface area (Å²) in [6.45, 7) is 0. The first-order valence-electron chi connectivity index (χ1n) is 6.97. The molecule has 0 amide bonds. The summed E-state index contributed by atoms with van der Waals surface area (Å²) >= 11 is 3.58. The lowest BCUT2D eigenvalue weighted by atomic mass is 9.85. The van der Waals surface area contributed by atoms with Crippen LogP contribution in [0.1, 0.15) is 22.6 Å². The maximum atomic E-state index is 6.24. The van der Waals surface area contributed by atoms with E-state index in [0.717, 1.165) is 21.2 Å². The van der Waals surface area contributed by atoms with Crippen molar-refractivity contribution >= 4 is 27.4 Å². The fourth-order valence-electron chi connectivity index (χ4n) is 2.64. The molecule has 0 saturated carbocycles. The molecule has 0 saturated heterocycles. The van der Waals surface area contributed by atoms with Crippen molar-refractivity contribution in [2.24, 2.45) is 0 Å². The van der Waals surface area contributed by atoms with Gasteiger partial charge >= 0.3 is 0 Å². The Hall–Kier alpha value is -2.33. The lowest BCUT2D eigenvalue weighted by molar-refractivity contribution is 0.968. The van der Waals surface area contributed by atoms with Gasteiger partial charge in [-0.25, -0.2) is 4.98 Å². The van der Waals surface area contributed by atoms with Crippen molar-refractivity contribution in [3.8, 4) is 0 Å². The molecule has 2 aromatic carbocycles. The Balaban J connectivity index is 2.26. The van der Waals surface area contributed by atoms with Crippen LogP contribution in [0.4, 0.5) is 11.5 Å². The average molecular weight is 354 g/mol. The molecule has 0 aliphatic heterocycles. The molecule has 0 aliphatic rings. The van der Waals surface area contributed by atoms with Crippen molar-refractivity contribution < 1.29 is 0 Å². The van der Waals surface area contributed by atoms with E-state index in [1.807, 2.05) is 36.4 Å². The van der Waals surface area contributed by atoms with Gasteiger partial charge < -0.3 is 11.5 Å². The van der Waals surface area contributed by atoms with Crippen LogP contribution in [0.25, 0.3) is 0 Å². The Labute approximate surface area is 138 Å². The number of nitrogen functional groups attached to an aromatic ring is 2. The van der Waals surface area contributed by atoms with E-state index in [4.69, 9.17) is 11.5 Å². The summed E-state index contributed by atoms with van der Waals surface area (Å²) in [5, 5.41) is 0. The highest BCUT2D eigenvalue weighted by Gasteiger charge is 2.23. The first-order chi connectivity index (χ1) is 10.7. The smallest absolute Gasteiger partial charge is 0.146 e. The molecular formula is C18H16BrN3. The molecule has 0 unspecified atom stereocenters. The van der Waals surface area contributed by atoms with Crippen LogP contribution in [-0.2, 0) is 0 Å². The van der Waals surface area contributed by atoms with E-state index < -0.39 is 0 Å². The fourth-order valence-corrected chi connectivity index (χ4v) is 3.19. The predicted molar refractivity (Wildman–Crippen MR) is 94.6 cm³/mol. The van der Waals surface area contributed by atoms with Gasteiger partial charge in [-0.1, -0.05) is 60.7 Å². The van der Waals surface area contributed by atoms with E-state index in [1.54, 1.807) is 6.20 Å². The van der Waals surface area contributed by atoms with Gasteiger partial charge in [-0.15, -0.1) is 0 Å². The molecule has 0 fully saturated rings. The predicted octanol–water partition coefficient (Wildman–Crippen LogP) is 4.19. The number of hydrogen-bond acceptors (Lipinski definition) is 3. The molecule has 1 aromatic heterocycles.